The van der Waals surface area contributed by atoms with E-state index in [0.717, 1.165) is 72.3 Å². The van der Waals surface area contributed by atoms with Gasteiger partial charge in [0.2, 0.25) is 5.69 Å². The van der Waals surface area contributed by atoms with Crippen LogP contribution >= 0.6 is 0 Å². The van der Waals surface area contributed by atoms with Crippen LogP contribution in [0.25, 0.3) is 110 Å². The van der Waals surface area contributed by atoms with Gasteiger partial charge in [-0.3, -0.25) is 4.98 Å². The van der Waals surface area contributed by atoms with E-state index in [-0.39, 0.29) is 0 Å². The van der Waals surface area contributed by atoms with Gasteiger partial charge in [0.15, 0.2) is 0 Å². The molecule has 0 radical (unpaired) electrons. The van der Waals surface area contributed by atoms with Crippen LogP contribution in [-0.4, -0.2) is 19.5 Å². The van der Waals surface area contributed by atoms with E-state index in [4.69, 9.17) is 21.5 Å². The van der Waals surface area contributed by atoms with Gasteiger partial charge in [0.25, 0.3) is 0 Å². The van der Waals surface area contributed by atoms with Gasteiger partial charge in [0.1, 0.15) is 0 Å². The molecule has 0 amide bonds. The quantitative estimate of drug-likeness (QED) is 0.131. The Morgan fingerprint density at radius 3 is 1.58 bits per heavy atom. The molecule has 3 heterocycles. The Bertz CT molecular complexity index is 3340. The maximum Gasteiger partial charge on any atom is 0.215 e. The first-order valence-corrected chi connectivity index (χ1v) is 19.0. The van der Waals surface area contributed by atoms with Gasteiger partial charge in [0.05, 0.1) is 51.2 Å². The van der Waals surface area contributed by atoms with Crippen molar-refractivity contribution in [2.24, 2.45) is 0 Å². The van der Waals surface area contributed by atoms with Gasteiger partial charge in [-0.2, -0.15) is 0 Å². The summed E-state index contributed by atoms with van der Waals surface area (Å²) >= 11 is 0. The van der Waals surface area contributed by atoms with Crippen LogP contribution in [0.15, 0.2) is 188 Å². The average molecular weight is 726 g/mol. The number of aromatic nitrogens is 4. The molecular weight excluding hydrogens is 695 g/mol. The smallest absolute Gasteiger partial charge is 0.215 e. The first-order valence-electron chi connectivity index (χ1n) is 19.0. The van der Waals surface area contributed by atoms with Crippen LogP contribution in [0.4, 0.5) is 5.69 Å². The Kier molecular flexibility index (Phi) is 7.48. The molecule has 0 saturated carbocycles. The first kappa shape index (κ1) is 32.5. The van der Waals surface area contributed by atoms with Gasteiger partial charge in [0, 0.05) is 49.3 Å². The van der Waals surface area contributed by atoms with Crippen molar-refractivity contribution >= 4 is 60.2 Å². The molecule has 0 aliphatic heterocycles. The zero-order valence-electron chi connectivity index (χ0n) is 30.6. The van der Waals surface area contributed by atoms with E-state index in [2.05, 4.69) is 125 Å². The van der Waals surface area contributed by atoms with Crippen LogP contribution in [-0.2, 0) is 0 Å². The third kappa shape index (κ3) is 5.27. The van der Waals surface area contributed by atoms with Gasteiger partial charge in [-0.05, 0) is 53.6 Å². The highest BCUT2D eigenvalue weighted by molar-refractivity contribution is 6.23. The summed E-state index contributed by atoms with van der Waals surface area (Å²) in [5.74, 6) is 0. The molecule has 11 rings (SSSR count). The molecule has 5 nitrogen and oxygen atoms in total. The highest BCUT2D eigenvalue weighted by Crippen LogP contribution is 2.43. The number of fused-ring (bicyclic) bond motifs is 8. The number of nitrogens with zero attached hydrogens (tertiary/aromatic N) is 5. The molecule has 0 saturated heterocycles. The molecule has 0 fully saturated rings. The molecule has 0 atom stereocenters. The van der Waals surface area contributed by atoms with Gasteiger partial charge in [-0.1, -0.05) is 146 Å². The first-order chi connectivity index (χ1) is 28.2. The molecule has 5 heteroatoms. The van der Waals surface area contributed by atoms with E-state index in [1.54, 1.807) is 0 Å². The maximum atomic E-state index is 8.37. The molecule has 11 aromatic rings. The maximum absolute atomic E-state index is 8.37. The second-order valence-corrected chi connectivity index (χ2v) is 14.3. The lowest BCUT2D eigenvalue weighted by Gasteiger charge is -2.16. The zero-order valence-corrected chi connectivity index (χ0v) is 30.6. The lowest BCUT2D eigenvalue weighted by Crippen LogP contribution is -1.98. The fraction of sp³-hybridized carbons (Fsp3) is 0. The van der Waals surface area contributed by atoms with Crippen molar-refractivity contribution in [2.45, 2.75) is 0 Å². The number of hydrogen-bond donors (Lipinski definition) is 0. The molecular formula is C52H31N5. The fourth-order valence-corrected chi connectivity index (χ4v) is 8.37. The number of para-hydroxylation sites is 3. The van der Waals surface area contributed by atoms with E-state index in [1.165, 1.54) is 21.8 Å². The topological polar surface area (TPSA) is 48.0 Å². The molecule has 0 aliphatic rings. The Labute approximate surface area is 328 Å². The summed E-state index contributed by atoms with van der Waals surface area (Å²) in [6.45, 7) is 8.37. The Hall–Kier alpha value is -7.94. The Morgan fingerprint density at radius 1 is 0.386 bits per heavy atom. The predicted molar refractivity (Wildman–Crippen MR) is 235 cm³/mol. The number of pyridine rings is 1. The van der Waals surface area contributed by atoms with E-state index < -0.39 is 0 Å². The van der Waals surface area contributed by atoms with Crippen LogP contribution in [0.1, 0.15) is 0 Å². The number of benzene rings is 8. The molecule has 0 unspecified atom stereocenters. The van der Waals surface area contributed by atoms with Crippen LogP contribution in [0.3, 0.4) is 0 Å². The monoisotopic (exact) mass is 725 g/mol. The minimum Gasteiger partial charge on any atom is -0.309 e. The normalized spacial score (nSPS) is 11.5. The highest BCUT2D eigenvalue weighted by atomic mass is 15.0. The summed E-state index contributed by atoms with van der Waals surface area (Å²) in [7, 11) is 0. The molecule has 0 spiro atoms. The molecule has 0 N–H and O–H groups in total. The van der Waals surface area contributed by atoms with E-state index in [0.29, 0.717) is 16.7 Å². The number of rotatable bonds is 5. The van der Waals surface area contributed by atoms with E-state index in [9.17, 15) is 0 Å². The van der Waals surface area contributed by atoms with Crippen molar-refractivity contribution < 1.29 is 0 Å². The molecule has 8 aromatic carbocycles. The standard InChI is InChI=1S/C52H31N5/c1-53-44-32-42-47(52-51(44)55-49(34-15-4-2-5-16-34)50(56-52)35-17-6-3-7-18-35)41-23-8-11-24-43(41)54-48(42)37-20-14-19-36(31-37)33-27-29-38(30-28-33)57-45-25-12-9-21-39(45)40-22-10-13-26-46(40)57/h2-32H. The lowest BCUT2D eigenvalue weighted by molar-refractivity contribution is 1.18. The van der Waals surface area contributed by atoms with E-state index >= 15 is 0 Å². The lowest BCUT2D eigenvalue weighted by atomic mass is 9.95. The van der Waals surface area contributed by atoms with Crippen molar-refractivity contribution in [3.63, 3.8) is 0 Å². The van der Waals surface area contributed by atoms with Crippen molar-refractivity contribution in [1.82, 2.24) is 19.5 Å². The largest absolute Gasteiger partial charge is 0.309 e. The zero-order chi connectivity index (χ0) is 37.9. The van der Waals surface area contributed by atoms with Crippen LogP contribution < -0.4 is 0 Å². The molecule has 264 valence electrons. The summed E-state index contributed by atoms with van der Waals surface area (Å²) < 4.78 is 2.34. The summed E-state index contributed by atoms with van der Waals surface area (Å²) in [6, 6.07) is 64.9. The third-order valence-electron chi connectivity index (χ3n) is 11.0. The Balaban J connectivity index is 1.10. The molecule has 3 aromatic heterocycles. The average Bonchev–Trinajstić information content (AvgIpc) is 3.63. The second-order valence-electron chi connectivity index (χ2n) is 14.3. The summed E-state index contributed by atoms with van der Waals surface area (Å²) in [4.78, 5) is 20.0. The number of hydrogen-bond acceptors (Lipinski definition) is 3. The van der Waals surface area contributed by atoms with Crippen LogP contribution in [0, 0.1) is 6.57 Å². The van der Waals surface area contributed by atoms with E-state index in [1.807, 2.05) is 72.8 Å². The third-order valence-corrected chi connectivity index (χ3v) is 11.0. The van der Waals surface area contributed by atoms with Crippen molar-refractivity contribution in [3.8, 4) is 50.6 Å². The van der Waals surface area contributed by atoms with Crippen LogP contribution in [0.2, 0.25) is 0 Å². The minimum absolute atomic E-state index is 0.442. The van der Waals surface area contributed by atoms with Crippen LogP contribution in [0.5, 0.6) is 0 Å². The van der Waals surface area contributed by atoms with Gasteiger partial charge >= 0.3 is 0 Å². The fourth-order valence-electron chi connectivity index (χ4n) is 8.37. The summed E-state index contributed by atoms with van der Waals surface area (Å²) in [5, 5.41) is 5.26. The van der Waals surface area contributed by atoms with Crippen molar-refractivity contribution in [1.29, 1.82) is 0 Å². The summed E-state index contributed by atoms with van der Waals surface area (Å²) in [6.07, 6.45) is 0. The minimum atomic E-state index is 0.442. The predicted octanol–water partition coefficient (Wildman–Crippen LogP) is 13.6. The highest BCUT2D eigenvalue weighted by Gasteiger charge is 2.21. The SMILES string of the molecule is [C-]#[N+]c1cc2c(-c3cccc(-c4ccc(-n5c6ccccc6c6ccccc65)cc4)c3)nc3ccccc3c2c2nc(-c3ccccc3)c(-c3ccccc3)nc12. The van der Waals surface area contributed by atoms with Gasteiger partial charge in [-0.15, -0.1) is 0 Å². The molecule has 57 heavy (non-hydrogen) atoms. The molecule has 0 bridgehead atoms. The second kappa shape index (κ2) is 13.1. The summed E-state index contributed by atoms with van der Waals surface area (Å²) in [5.41, 5.74) is 13.4. The van der Waals surface area contributed by atoms with Crippen molar-refractivity contribution in [3.05, 3.63) is 199 Å². The Morgan fingerprint density at radius 2 is 0.930 bits per heavy atom. The van der Waals surface area contributed by atoms with Gasteiger partial charge < -0.3 is 4.57 Å². The van der Waals surface area contributed by atoms with Gasteiger partial charge in [-0.25, -0.2) is 14.8 Å². The molecule has 0 aliphatic carbocycles. The van der Waals surface area contributed by atoms with Crippen molar-refractivity contribution in [2.75, 3.05) is 0 Å².